The zero-order chi connectivity index (χ0) is 22.0. The zero-order valence-corrected chi connectivity index (χ0v) is 19.5. The number of hydrogen-bond acceptors (Lipinski definition) is 5. The van der Waals surface area contributed by atoms with Crippen molar-refractivity contribution in [3.8, 4) is 5.95 Å². The Balaban J connectivity index is 1.35. The summed E-state index contributed by atoms with van der Waals surface area (Å²) in [6, 6.07) is 7.68. The molecule has 31 heavy (non-hydrogen) atoms. The average Bonchev–Trinajstić information content (AvgIpc) is 3.07. The Hall–Kier alpha value is -2.41. The number of benzene rings is 1. The van der Waals surface area contributed by atoms with Crippen molar-refractivity contribution in [2.24, 2.45) is 0 Å². The van der Waals surface area contributed by atoms with Crippen LogP contribution in [0.3, 0.4) is 0 Å². The van der Waals surface area contributed by atoms with Crippen LogP contribution in [-0.2, 0) is 0 Å². The first kappa shape index (κ1) is 21.8. The summed E-state index contributed by atoms with van der Waals surface area (Å²) in [4.78, 5) is 13.8. The van der Waals surface area contributed by atoms with Gasteiger partial charge in [0.1, 0.15) is 0 Å². The van der Waals surface area contributed by atoms with Crippen molar-refractivity contribution in [2.45, 2.75) is 20.8 Å². The second-order valence-electron chi connectivity index (χ2n) is 7.87. The lowest BCUT2D eigenvalue weighted by Crippen LogP contribution is -2.46. The summed E-state index contributed by atoms with van der Waals surface area (Å²) in [6.07, 6.45) is 6.20. The van der Waals surface area contributed by atoms with Gasteiger partial charge in [0.25, 0.3) is 5.95 Å². The van der Waals surface area contributed by atoms with E-state index in [1.54, 1.807) is 10.7 Å². The van der Waals surface area contributed by atoms with Gasteiger partial charge in [0, 0.05) is 65.4 Å². The number of hydrogen-bond donors (Lipinski definition) is 0. The van der Waals surface area contributed by atoms with E-state index in [4.69, 9.17) is 23.2 Å². The van der Waals surface area contributed by atoms with Gasteiger partial charge in [-0.05, 0) is 45.0 Å². The van der Waals surface area contributed by atoms with Crippen LogP contribution in [0.4, 0.5) is 5.69 Å². The number of aryl methyl sites for hydroxylation is 2. The van der Waals surface area contributed by atoms with Gasteiger partial charge in [0.05, 0.1) is 11.9 Å². The number of halogens is 2. The fraction of sp³-hybridized carbons (Fsp3) is 0.348. The molecule has 4 rings (SSSR count). The fourth-order valence-corrected chi connectivity index (χ4v) is 4.34. The van der Waals surface area contributed by atoms with Crippen LogP contribution in [0.2, 0.25) is 10.0 Å². The molecule has 0 atom stereocenters. The normalized spacial score (nSPS) is 15.2. The standard InChI is InChI=1S/C23H26Cl2N6/c1-16-11-17(2)28-23(27-16)31-18(3)19(15-26-31)5-4-6-29-7-9-30(10-8-29)22-13-20(24)12-21(25)14-22/h4-5,11-15H,6-10H2,1-3H3/b5-4+. The third-order valence-corrected chi connectivity index (χ3v) is 5.89. The third-order valence-electron chi connectivity index (χ3n) is 5.45. The Morgan fingerprint density at radius 1 is 0.903 bits per heavy atom. The molecule has 0 amide bonds. The first-order valence-corrected chi connectivity index (χ1v) is 11.1. The van der Waals surface area contributed by atoms with Crippen molar-refractivity contribution in [1.29, 1.82) is 0 Å². The maximum Gasteiger partial charge on any atom is 0.251 e. The molecule has 0 bridgehead atoms. The van der Waals surface area contributed by atoms with E-state index in [-0.39, 0.29) is 0 Å². The molecule has 6 nitrogen and oxygen atoms in total. The minimum Gasteiger partial charge on any atom is -0.369 e. The summed E-state index contributed by atoms with van der Waals surface area (Å²) >= 11 is 12.3. The van der Waals surface area contributed by atoms with Crippen LogP contribution in [0.25, 0.3) is 12.0 Å². The van der Waals surface area contributed by atoms with Gasteiger partial charge in [-0.25, -0.2) is 14.6 Å². The molecule has 3 heterocycles. The van der Waals surface area contributed by atoms with Gasteiger partial charge in [0.2, 0.25) is 0 Å². The van der Waals surface area contributed by atoms with Crippen LogP contribution in [0.5, 0.6) is 0 Å². The van der Waals surface area contributed by atoms with E-state index in [1.165, 1.54) is 0 Å². The quantitative estimate of drug-likeness (QED) is 0.555. The summed E-state index contributed by atoms with van der Waals surface area (Å²) in [5.74, 6) is 0.617. The molecule has 1 aliphatic heterocycles. The largest absolute Gasteiger partial charge is 0.369 e. The summed E-state index contributed by atoms with van der Waals surface area (Å²) in [6.45, 7) is 10.8. The van der Waals surface area contributed by atoms with Gasteiger partial charge in [-0.3, -0.25) is 4.90 Å². The van der Waals surface area contributed by atoms with Crippen LogP contribution in [0.15, 0.2) is 36.5 Å². The predicted molar refractivity (Wildman–Crippen MR) is 128 cm³/mol. The lowest BCUT2D eigenvalue weighted by molar-refractivity contribution is 0.284. The van der Waals surface area contributed by atoms with Crippen molar-refractivity contribution in [3.05, 3.63) is 69.2 Å². The fourth-order valence-electron chi connectivity index (χ4n) is 3.83. The van der Waals surface area contributed by atoms with Crippen molar-refractivity contribution in [3.63, 3.8) is 0 Å². The van der Waals surface area contributed by atoms with E-state index in [0.29, 0.717) is 16.0 Å². The summed E-state index contributed by atoms with van der Waals surface area (Å²) in [5.41, 5.74) is 5.07. The summed E-state index contributed by atoms with van der Waals surface area (Å²) in [5, 5.41) is 5.84. The highest BCUT2D eigenvalue weighted by Crippen LogP contribution is 2.26. The van der Waals surface area contributed by atoms with E-state index in [1.807, 2.05) is 45.2 Å². The monoisotopic (exact) mass is 456 g/mol. The molecule has 2 aromatic heterocycles. The first-order valence-electron chi connectivity index (χ1n) is 10.4. The Labute approximate surface area is 193 Å². The van der Waals surface area contributed by atoms with Crippen molar-refractivity contribution < 1.29 is 0 Å². The zero-order valence-electron chi connectivity index (χ0n) is 18.0. The van der Waals surface area contributed by atoms with Gasteiger partial charge >= 0.3 is 0 Å². The molecule has 162 valence electrons. The van der Waals surface area contributed by atoms with Gasteiger partial charge in [0.15, 0.2) is 0 Å². The Bertz CT molecular complexity index is 1060. The van der Waals surface area contributed by atoms with Crippen molar-refractivity contribution >= 4 is 35.0 Å². The molecule has 0 unspecified atom stereocenters. The van der Waals surface area contributed by atoms with Crippen LogP contribution >= 0.6 is 23.2 Å². The molecule has 1 fully saturated rings. The maximum atomic E-state index is 6.15. The molecular formula is C23H26Cl2N6. The maximum absolute atomic E-state index is 6.15. The predicted octanol–water partition coefficient (Wildman–Crippen LogP) is 4.73. The van der Waals surface area contributed by atoms with Gasteiger partial charge in [-0.1, -0.05) is 35.4 Å². The number of rotatable bonds is 5. The van der Waals surface area contributed by atoms with Gasteiger partial charge in [-0.2, -0.15) is 5.10 Å². The molecule has 0 radical (unpaired) electrons. The van der Waals surface area contributed by atoms with E-state index in [2.05, 4.69) is 37.0 Å². The molecule has 0 aliphatic carbocycles. The Kier molecular flexibility index (Phi) is 6.60. The minimum absolute atomic E-state index is 0.617. The molecule has 1 aliphatic rings. The van der Waals surface area contributed by atoms with Gasteiger partial charge in [-0.15, -0.1) is 0 Å². The van der Waals surface area contributed by atoms with E-state index >= 15 is 0 Å². The number of nitrogens with zero attached hydrogens (tertiary/aromatic N) is 6. The van der Waals surface area contributed by atoms with Crippen molar-refractivity contribution in [2.75, 3.05) is 37.6 Å². The highest BCUT2D eigenvalue weighted by Gasteiger charge is 2.17. The number of aromatic nitrogens is 4. The van der Waals surface area contributed by atoms with E-state index in [9.17, 15) is 0 Å². The van der Waals surface area contributed by atoms with E-state index in [0.717, 1.165) is 61.1 Å². The molecule has 0 spiro atoms. The van der Waals surface area contributed by atoms with Crippen LogP contribution in [0.1, 0.15) is 22.6 Å². The molecule has 1 aromatic carbocycles. The Morgan fingerprint density at radius 2 is 1.55 bits per heavy atom. The lowest BCUT2D eigenvalue weighted by Gasteiger charge is -2.35. The SMILES string of the molecule is Cc1cc(C)nc(-n2ncc(/C=C/CN3CCN(c4cc(Cl)cc(Cl)c4)CC3)c2C)n1. The smallest absolute Gasteiger partial charge is 0.251 e. The second kappa shape index (κ2) is 9.39. The highest BCUT2D eigenvalue weighted by atomic mass is 35.5. The molecule has 3 aromatic rings. The molecule has 0 saturated carbocycles. The molecule has 0 N–H and O–H groups in total. The van der Waals surface area contributed by atoms with Crippen LogP contribution < -0.4 is 4.90 Å². The average molecular weight is 457 g/mol. The number of piperazine rings is 1. The van der Waals surface area contributed by atoms with E-state index < -0.39 is 0 Å². The molecule has 1 saturated heterocycles. The Morgan fingerprint density at radius 3 is 2.19 bits per heavy atom. The van der Waals surface area contributed by atoms with Crippen molar-refractivity contribution in [1.82, 2.24) is 24.6 Å². The molecule has 8 heteroatoms. The highest BCUT2D eigenvalue weighted by molar-refractivity contribution is 6.35. The number of anilines is 1. The minimum atomic E-state index is 0.617. The summed E-state index contributed by atoms with van der Waals surface area (Å²) in [7, 11) is 0. The third kappa shape index (κ3) is 5.26. The topological polar surface area (TPSA) is 50.1 Å². The summed E-state index contributed by atoms with van der Waals surface area (Å²) < 4.78 is 1.80. The lowest BCUT2D eigenvalue weighted by atomic mass is 10.2. The van der Waals surface area contributed by atoms with Crippen LogP contribution in [-0.4, -0.2) is 57.4 Å². The second-order valence-corrected chi connectivity index (χ2v) is 8.74. The molecular weight excluding hydrogens is 431 g/mol. The first-order chi connectivity index (χ1) is 14.9. The van der Waals surface area contributed by atoms with Gasteiger partial charge < -0.3 is 4.90 Å². The van der Waals surface area contributed by atoms with Crippen LogP contribution in [0, 0.1) is 20.8 Å².